The Morgan fingerprint density at radius 1 is 1.25 bits per heavy atom. The molecule has 2 aromatic rings. The minimum absolute atomic E-state index is 0.0330. The first kappa shape index (κ1) is 18.8. The third-order valence-electron chi connectivity index (χ3n) is 5.86. The van der Waals surface area contributed by atoms with E-state index in [0.717, 1.165) is 35.3 Å². The topological polar surface area (TPSA) is 58.4 Å². The standard InChI is InChI=1S/C21H25FN4O2/c1-3-24-13-23-17-12-25(10-8-16(17)20(24)27)19-5-4-9-26(21(19)28)18-7-6-15(22)11-14(18)2/h6-7,11,13,19H,3-5,8-10,12H2,1-2H3/t19-/m0/s1. The number of hydrogen-bond acceptors (Lipinski definition) is 4. The maximum Gasteiger partial charge on any atom is 0.256 e. The Morgan fingerprint density at radius 3 is 2.82 bits per heavy atom. The summed E-state index contributed by atoms with van der Waals surface area (Å²) in [7, 11) is 0. The van der Waals surface area contributed by atoms with Gasteiger partial charge in [-0.3, -0.25) is 19.1 Å². The lowest BCUT2D eigenvalue weighted by Gasteiger charge is -2.40. The molecular weight excluding hydrogens is 359 g/mol. The van der Waals surface area contributed by atoms with Crippen LogP contribution in [-0.4, -0.2) is 39.5 Å². The molecule has 0 unspecified atom stereocenters. The molecule has 1 aromatic heterocycles. The van der Waals surface area contributed by atoms with Crippen LogP contribution in [0.5, 0.6) is 0 Å². The molecule has 2 aliphatic rings. The highest BCUT2D eigenvalue weighted by Gasteiger charge is 2.36. The Bertz CT molecular complexity index is 971. The van der Waals surface area contributed by atoms with Crippen molar-refractivity contribution in [3.8, 4) is 0 Å². The number of benzene rings is 1. The molecule has 0 spiro atoms. The third-order valence-corrected chi connectivity index (χ3v) is 5.86. The van der Waals surface area contributed by atoms with Crippen molar-refractivity contribution >= 4 is 11.6 Å². The van der Waals surface area contributed by atoms with Crippen molar-refractivity contribution < 1.29 is 9.18 Å². The summed E-state index contributed by atoms with van der Waals surface area (Å²) in [4.78, 5) is 34.1. The summed E-state index contributed by atoms with van der Waals surface area (Å²) in [5.74, 6) is -0.245. The Kier molecular flexibility index (Phi) is 5.02. The molecule has 1 saturated heterocycles. The van der Waals surface area contributed by atoms with Gasteiger partial charge in [-0.2, -0.15) is 0 Å². The molecule has 1 fully saturated rings. The lowest BCUT2D eigenvalue weighted by molar-refractivity contribution is -0.125. The second-order valence-electron chi connectivity index (χ2n) is 7.56. The summed E-state index contributed by atoms with van der Waals surface area (Å²) in [5.41, 5.74) is 3.13. The van der Waals surface area contributed by atoms with Crippen LogP contribution in [0.25, 0.3) is 0 Å². The number of nitrogens with zero attached hydrogens (tertiary/aromatic N) is 4. The fourth-order valence-electron chi connectivity index (χ4n) is 4.33. The van der Waals surface area contributed by atoms with Gasteiger partial charge in [-0.05, 0) is 56.9 Å². The van der Waals surface area contributed by atoms with E-state index in [2.05, 4.69) is 9.88 Å². The Labute approximate surface area is 163 Å². The van der Waals surface area contributed by atoms with Crippen LogP contribution < -0.4 is 10.5 Å². The summed E-state index contributed by atoms with van der Waals surface area (Å²) in [6, 6.07) is 4.32. The number of carbonyl (C=O) groups excluding carboxylic acids is 1. The van der Waals surface area contributed by atoms with Gasteiger partial charge in [0, 0.05) is 37.4 Å². The van der Waals surface area contributed by atoms with Gasteiger partial charge >= 0.3 is 0 Å². The Balaban J connectivity index is 1.57. The minimum Gasteiger partial charge on any atom is -0.311 e. The highest BCUT2D eigenvalue weighted by Crippen LogP contribution is 2.29. The normalized spacial score (nSPS) is 20.3. The molecule has 3 heterocycles. The lowest BCUT2D eigenvalue weighted by atomic mass is 9.97. The fourth-order valence-corrected chi connectivity index (χ4v) is 4.33. The van der Waals surface area contributed by atoms with Crippen molar-refractivity contribution in [2.24, 2.45) is 0 Å². The van der Waals surface area contributed by atoms with Gasteiger partial charge in [0.1, 0.15) is 5.82 Å². The summed E-state index contributed by atoms with van der Waals surface area (Å²) in [6.45, 7) is 6.19. The van der Waals surface area contributed by atoms with Crippen molar-refractivity contribution in [3.63, 3.8) is 0 Å². The Hall–Kier alpha value is -2.54. The molecule has 0 radical (unpaired) electrons. The number of carbonyl (C=O) groups is 1. The Morgan fingerprint density at radius 2 is 2.07 bits per heavy atom. The largest absolute Gasteiger partial charge is 0.311 e. The van der Waals surface area contributed by atoms with E-state index in [-0.39, 0.29) is 23.3 Å². The van der Waals surface area contributed by atoms with Crippen molar-refractivity contribution in [3.05, 3.63) is 57.5 Å². The molecule has 6 nitrogen and oxygen atoms in total. The van der Waals surface area contributed by atoms with E-state index < -0.39 is 0 Å². The molecule has 1 atom stereocenters. The summed E-state index contributed by atoms with van der Waals surface area (Å²) in [5, 5.41) is 0. The number of hydrogen-bond donors (Lipinski definition) is 0. The quantitative estimate of drug-likeness (QED) is 0.815. The number of piperidine rings is 1. The van der Waals surface area contributed by atoms with E-state index in [0.29, 0.717) is 32.6 Å². The van der Waals surface area contributed by atoms with E-state index >= 15 is 0 Å². The number of aryl methyl sites for hydroxylation is 2. The van der Waals surface area contributed by atoms with Gasteiger partial charge in [0.2, 0.25) is 5.91 Å². The summed E-state index contributed by atoms with van der Waals surface area (Å²) in [6.07, 6.45) is 3.89. The minimum atomic E-state index is -0.293. The van der Waals surface area contributed by atoms with Gasteiger partial charge < -0.3 is 4.90 Å². The first-order chi connectivity index (χ1) is 13.5. The van der Waals surface area contributed by atoms with E-state index in [9.17, 15) is 14.0 Å². The lowest BCUT2D eigenvalue weighted by Crippen LogP contribution is -2.54. The SMILES string of the molecule is CCn1cnc2c(c1=O)CCN([C@H]1CCCN(c3ccc(F)cc3C)C1=O)C2. The number of fused-ring (bicyclic) bond motifs is 1. The first-order valence-electron chi connectivity index (χ1n) is 9.88. The van der Waals surface area contributed by atoms with Crippen LogP contribution in [0.4, 0.5) is 10.1 Å². The highest BCUT2D eigenvalue weighted by atomic mass is 19.1. The number of rotatable bonds is 3. The monoisotopic (exact) mass is 384 g/mol. The summed E-state index contributed by atoms with van der Waals surface area (Å²) < 4.78 is 15.1. The van der Waals surface area contributed by atoms with Gasteiger partial charge in [0.05, 0.1) is 18.1 Å². The molecule has 148 valence electrons. The molecule has 0 N–H and O–H groups in total. The van der Waals surface area contributed by atoms with Gasteiger partial charge in [0.15, 0.2) is 0 Å². The number of aromatic nitrogens is 2. The van der Waals surface area contributed by atoms with Crippen molar-refractivity contribution in [1.82, 2.24) is 14.5 Å². The van der Waals surface area contributed by atoms with E-state index in [1.807, 2.05) is 13.8 Å². The van der Waals surface area contributed by atoms with Crippen LogP contribution in [0.3, 0.4) is 0 Å². The van der Waals surface area contributed by atoms with Crippen LogP contribution in [-0.2, 0) is 24.3 Å². The maximum atomic E-state index is 13.5. The zero-order valence-corrected chi connectivity index (χ0v) is 16.3. The second-order valence-corrected chi connectivity index (χ2v) is 7.56. The van der Waals surface area contributed by atoms with E-state index in [1.165, 1.54) is 12.1 Å². The fraction of sp³-hybridized carbons (Fsp3) is 0.476. The molecule has 28 heavy (non-hydrogen) atoms. The van der Waals surface area contributed by atoms with Crippen LogP contribution in [0.1, 0.15) is 36.6 Å². The molecule has 0 saturated carbocycles. The van der Waals surface area contributed by atoms with Crippen molar-refractivity contribution in [2.75, 3.05) is 18.0 Å². The predicted octanol–water partition coefficient (Wildman–Crippen LogP) is 2.26. The van der Waals surface area contributed by atoms with Gasteiger partial charge in [-0.1, -0.05) is 0 Å². The number of halogens is 1. The van der Waals surface area contributed by atoms with Gasteiger partial charge in [-0.25, -0.2) is 9.37 Å². The van der Waals surface area contributed by atoms with Crippen LogP contribution in [0.2, 0.25) is 0 Å². The summed E-state index contributed by atoms with van der Waals surface area (Å²) >= 11 is 0. The third kappa shape index (κ3) is 3.24. The zero-order chi connectivity index (χ0) is 19.8. The van der Waals surface area contributed by atoms with Crippen LogP contribution in [0.15, 0.2) is 29.3 Å². The van der Waals surface area contributed by atoms with Gasteiger partial charge in [-0.15, -0.1) is 0 Å². The maximum absolute atomic E-state index is 13.5. The molecule has 1 aromatic carbocycles. The number of anilines is 1. The molecular formula is C21H25FN4O2. The molecule has 0 aliphatic carbocycles. The van der Waals surface area contributed by atoms with E-state index in [1.54, 1.807) is 21.9 Å². The molecule has 2 aliphatic heterocycles. The molecule has 7 heteroatoms. The number of amides is 1. The molecule has 4 rings (SSSR count). The predicted molar refractivity (Wildman–Crippen MR) is 105 cm³/mol. The van der Waals surface area contributed by atoms with Crippen LogP contribution in [0, 0.1) is 12.7 Å². The average Bonchev–Trinajstić information content (AvgIpc) is 2.69. The second kappa shape index (κ2) is 7.47. The highest BCUT2D eigenvalue weighted by molar-refractivity contribution is 5.98. The van der Waals surface area contributed by atoms with Crippen LogP contribution >= 0.6 is 0 Å². The van der Waals surface area contributed by atoms with Crippen molar-refractivity contribution in [2.45, 2.75) is 52.2 Å². The van der Waals surface area contributed by atoms with Crippen molar-refractivity contribution in [1.29, 1.82) is 0 Å². The molecule has 1 amide bonds. The smallest absolute Gasteiger partial charge is 0.256 e. The van der Waals surface area contributed by atoms with E-state index in [4.69, 9.17) is 0 Å². The first-order valence-corrected chi connectivity index (χ1v) is 9.88. The zero-order valence-electron chi connectivity index (χ0n) is 16.3. The average molecular weight is 384 g/mol. The van der Waals surface area contributed by atoms with Gasteiger partial charge in [0.25, 0.3) is 5.56 Å². The molecule has 0 bridgehead atoms.